The van der Waals surface area contributed by atoms with Gasteiger partial charge >= 0.3 is 354 Å². The van der Waals surface area contributed by atoms with E-state index in [9.17, 15) is 27.4 Å². The molecule has 180 valence electrons. The van der Waals surface area contributed by atoms with Crippen molar-refractivity contribution < 1.29 is 403 Å². The van der Waals surface area contributed by atoms with E-state index in [-0.39, 0.29) is 317 Å². The first-order valence-corrected chi connectivity index (χ1v) is 16.2. The largest absolute Gasteiger partial charge is 1.00 e. The summed E-state index contributed by atoms with van der Waals surface area (Å²) < 4.78 is 59.1. The van der Waals surface area contributed by atoms with E-state index >= 15 is 0 Å². The van der Waals surface area contributed by atoms with Crippen molar-refractivity contribution in [3.8, 4) is 0 Å². The van der Waals surface area contributed by atoms with E-state index in [2.05, 4.69) is 0 Å². The van der Waals surface area contributed by atoms with E-state index in [4.69, 9.17) is 58.7 Å². The normalized spacial score (nSPS) is 11.3. The fourth-order valence-corrected chi connectivity index (χ4v) is 6.48. The van der Waals surface area contributed by atoms with Crippen LogP contribution in [0.1, 0.15) is 8.56 Å². The van der Waals surface area contributed by atoms with E-state index in [1.807, 2.05) is 0 Å². The molecule has 33 heavy (non-hydrogen) atoms. The monoisotopic (exact) mass is 768 g/mol. The van der Waals surface area contributed by atoms with Crippen LogP contribution in [-0.4, -0.2) is 76.4 Å². The van der Waals surface area contributed by atoms with E-state index < -0.39 is 63.3 Å². The van der Waals surface area contributed by atoms with Gasteiger partial charge in [-0.3, -0.25) is 27.4 Å². The van der Waals surface area contributed by atoms with Crippen molar-refractivity contribution in [2.75, 3.05) is 17.7 Å². The van der Waals surface area contributed by atoms with Crippen LogP contribution >= 0.6 is 45.6 Å². The Morgan fingerprint density at radius 2 is 0.364 bits per heavy atom. The van der Waals surface area contributed by atoms with Crippen LogP contribution in [0.2, 0.25) is 0 Å². The maximum atomic E-state index is 9.85. The Morgan fingerprint density at radius 3 is 0.364 bits per heavy atom. The zero-order valence-corrected chi connectivity index (χ0v) is 42.7. The Kier molecular flexibility index (Phi) is 60.3. The van der Waals surface area contributed by atoms with E-state index in [1.165, 1.54) is 0 Å². The van der Waals surface area contributed by atoms with Crippen molar-refractivity contribution in [1.82, 2.24) is 0 Å². The SMILES string of the molecule is O=P(O)(O)CP(=O)(O)O.O=P(O)(O)CP(=O)(O)O.O=P(O)(O)CP(=O)(O)O.[H-].[H-].[H-].[H-].[H-].[H-].[K+].[K+].[K+].[K+].[K+].[K+]. The van der Waals surface area contributed by atoms with Gasteiger partial charge in [-0.2, -0.15) is 0 Å². The number of hydrogen-bond acceptors (Lipinski definition) is 6. The summed E-state index contributed by atoms with van der Waals surface area (Å²) in [4.78, 5) is 95.7. The molecular formula is C3H24K6O18P6. The summed E-state index contributed by atoms with van der Waals surface area (Å²) in [7, 11) is -27.3. The summed E-state index contributed by atoms with van der Waals surface area (Å²) in [6, 6.07) is 0. The minimum absolute atomic E-state index is 0. The molecule has 18 nitrogen and oxygen atoms in total. The van der Waals surface area contributed by atoms with Crippen molar-refractivity contribution >= 4 is 45.6 Å². The average Bonchev–Trinajstić information content (AvgIpc) is 1.96. The Hall–Kier alpha value is 10.7. The Balaban J connectivity index is -0.0000000148. The van der Waals surface area contributed by atoms with Crippen molar-refractivity contribution in [2.24, 2.45) is 0 Å². The molecule has 0 aliphatic rings. The first-order valence-electron chi connectivity index (χ1n) is 5.39. The summed E-state index contributed by atoms with van der Waals surface area (Å²) >= 11 is 0. The third kappa shape index (κ3) is 85.9. The third-order valence-corrected chi connectivity index (χ3v) is 9.95. The summed E-state index contributed by atoms with van der Waals surface area (Å²) in [6.45, 7) is 0. The van der Waals surface area contributed by atoms with Crippen LogP contribution in [0.25, 0.3) is 0 Å². The fourth-order valence-electron chi connectivity index (χ4n) is 0.720. The van der Waals surface area contributed by atoms with Crippen molar-refractivity contribution in [3.05, 3.63) is 0 Å². The van der Waals surface area contributed by atoms with Crippen molar-refractivity contribution in [1.29, 1.82) is 0 Å². The van der Waals surface area contributed by atoms with Gasteiger partial charge in [0.25, 0.3) is 0 Å². The van der Waals surface area contributed by atoms with Crippen LogP contribution in [0.15, 0.2) is 0 Å². The minimum atomic E-state index is -4.55. The molecule has 12 N–H and O–H groups in total. The van der Waals surface area contributed by atoms with Gasteiger partial charge in [0.15, 0.2) is 17.7 Å². The second kappa shape index (κ2) is 30.1. The number of rotatable bonds is 6. The van der Waals surface area contributed by atoms with Crippen LogP contribution in [-0.2, 0) is 27.4 Å². The van der Waals surface area contributed by atoms with Gasteiger partial charge in [0.05, 0.1) is 0 Å². The maximum absolute atomic E-state index is 9.85. The Morgan fingerprint density at radius 1 is 0.303 bits per heavy atom. The summed E-state index contributed by atoms with van der Waals surface area (Å²) in [6.07, 6.45) is 0. The molecule has 0 aromatic rings. The van der Waals surface area contributed by atoms with Crippen LogP contribution in [0, 0.1) is 0 Å². The molecule has 0 radical (unpaired) electrons. The smallest absolute Gasteiger partial charge is 1.00 e. The molecule has 0 aromatic carbocycles. The fraction of sp³-hybridized carbons (Fsp3) is 1.00. The molecule has 0 rings (SSSR count). The molecule has 0 aliphatic carbocycles. The molecule has 0 amide bonds. The summed E-state index contributed by atoms with van der Waals surface area (Å²) in [5.41, 5.74) is 0. The molecule has 0 atom stereocenters. The Labute approximate surface area is 452 Å². The molecule has 0 saturated carbocycles. The molecule has 0 saturated heterocycles. The summed E-state index contributed by atoms with van der Waals surface area (Å²) in [5, 5.41) is 0. The van der Waals surface area contributed by atoms with Gasteiger partial charge < -0.3 is 67.3 Å². The first kappa shape index (κ1) is 66.2. The van der Waals surface area contributed by atoms with Gasteiger partial charge in [-0.1, -0.05) is 0 Å². The molecule has 0 aliphatic heterocycles. The van der Waals surface area contributed by atoms with E-state index in [1.54, 1.807) is 0 Å². The third-order valence-electron chi connectivity index (χ3n) is 1.11. The first-order chi connectivity index (χ1) is 11.1. The topological polar surface area (TPSA) is 345 Å². The molecule has 0 unspecified atom stereocenters. The van der Waals surface area contributed by atoms with Gasteiger partial charge in [-0.15, -0.1) is 0 Å². The maximum Gasteiger partial charge on any atom is 1.00 e. The van der Waals surface area contributed by atoms with Gasteiger partial charge in [-0.25, -0.2) is 0 Å². The molecular weight excluding hydrogens is 744 g/mol. The molecule has 0 heterocycles. The van der Waals surface area contributed by atoms with Crippen molar-refractivity contribution in [3.63, 3.8) is 0 Å². The molecule has 0 aromatic heterocycles. The van der Waals surface area contributed by atoms with Gasteiger partial charge in [0.2, 0.25) is 0 Å². The van der Waals surface area contributed by atoms with Gasteiger partial charge in [0.1, 0.15) is 0 Å². The van der Waals surface area contributed by atoms with Gasteiger partial charge in [0, 0.05) is 0 Å². The van der Waals surface area contributed by atoms with Crippen LogP contribution in [0.3, 0.4) is 0 Å². The van der Waals surface area contributed by atoms with E-state index in [0.717, 1.165) is 0 Å². The zero-order valence-electron chi connectivity index (χ0n) is 24.6. The van der Waals surface area contributed by atoms with Crippen molar-refractivity contribution in [2.45, 2.75) is 0 Å². The molecule has 0 fully saturated rings. The average molecular weight is 769 g/mol. The molecule has 0 bridgehead atoms. The van der Waals surface area contributed by atoms with Gasteiger partial charge in [-0.05, 0) is 0 Å². The van der Waals surface area contributed by atoms with Crippen LogP contribution in [0.5, 0.6) is 0 Å². The second-order valence-corrected chi connectivity index (χ2v) is 15.8. The Bertz CT molecular complexity index is 601. The minimum Gasteiger partial charge on any atom is -1.00 e. The molecule has 0 spiro atoms. The van der Waals surface area contributed by atoms with Crippen LogP contribution < -0.4 is 308 Å². The zero-order chi connectivity index (χ0) is 23.1. The van der Waals surface area contributed by atoms with E-state index in [0.29, 0.717) is 0 Å². The number of hydrogen-bond donors (Lipinski definition) is 12. The van der Waals surface area contributed by atoms with Crippen LogP contribution in [0.4, 0.5) is 0 Å². The molecule has 30 heteroatoms. The standard InChI is InChI=1S/3CH6O6P2.6K.6H/c3*2-8(3,4)1-9(5,6)7;;;;;;;;;;;;/h3*1H2,(H2,2,3,4)(H2,5,6,7);;;;;;;;;;;;/q;;;6*+1;6*-1. The quantitative estimate of drug-likeness (QED) is 0.0881. The summed E-state index contributed by atoms with van der Waals surface area (Å²) in [5.74, 6) is -4.12. The predicted octanol–water partition coefficient (Wildman–Crippen LogP) is -19.4. The predicted molar refractivity (Wildman–Crippen MR) is 93.5 cm³/mol. The second-order valence-electron chi connectivity index (χ2n) is 4.41.